The Bertz CT molecular complexity index is 1140. The van der Waals surface area contributed by atoms with Crippen LogP contribution in [0.4, 0.5) is 0 Å². The minimum absolute atomic E-state index is 0. The van der Waals surface area contributed by atoms with Gasteiger partial charge in [0.1, 0.15) is 0 Å². The summed E-state index contributed by atoms with van der Waals surface area (Å²) in [4.78, 5) is 130. The van der Waals surface area contributed by atoms with Crippen LogP contribution in [0.2, 0.25) is 0 Å². The van der Waals surface area contributed by atoms with Gasteiger partial charge in [0.2, 0.25) is 0 Å². The Balaban J connectivity index is -0.000000101. The van der Waals surface area contributed by atoms with Crippen molar-refractivity contribution < 1.29 is 198 Å². The second-order valence-electron chi connectivity index (χ2n) is 11.7. The average Bonchev–Trinajstić information content (AvgIpc) is 3.02. The number of hydrogen-bond donors (Lipinski definition) is 0. The SMILES string of the molecule is O.O.O=C([O-])CN(CCN(CC(=O)[O-])CC(=O)[O-])CC(=O)[O-].O=C([O-])CN(CCN(CC(=O)[O-])CC(=O)[O-])CC(=O)[O-].O=C([O-])CN(CCN(CC(=O)[O-])CC(=O)[O-])CC(=O)[O-].[Fe+3].[Fe+3].[Fe+3].[Fe+3]. The number of carboxylic acid groups (broad SMARTS) is 12. The van der Waals surface area contributed by atoms with Crippen molar-refractivity contribution in [1.82, 2.24) is 29.4 Å². The molecule has 0 saturated heterocycles. The first-order valence-electron chi connectivity index (χ1n) is 16.3. The van der Waals surface area contributed by atoms with Crippen LogP contribution in [-0.4, -0.2) is 230 Å². The van der Waals surface area contributed by atoms with Gasteiger partial charge in [-0.05, 0) is 0 Å². The molecule has 4 N–H and O–H groups in total. The van der Waals surface area contributed by atoms with Crippen LogP contribution in [0.3, 0.4) is 0 Å². The molecule has 0 rings (SSSR count). The molecule has 0 aromatic rings. The van der Waals surface area contributed by atoms with Gasteiger partial charge in [0.25, 0.3) is 0 Å². The van der Waals surface area contributed by atoms with E-state index in [-0.39, 0.29) is 118 Å². The summed E-state index contributed by atoms with van der Waals surface area (Å²) >= 11 is 0. The number of carboxylic acids is 12. The third-order valence-corrected chi connectivity index (χ3v) is 6.43. The molecule has 0 fully saturated rings. The zero-order valence-electron chi connectivity index (χ0n) is 33.6. The third-order valence-electron chi connectivity index (χ3n) is 6.43. The first-order chi connectivity index (χ1) is 27.6. The van der Waals surface area contributed by atoms with E-state index in [0.29, 0.717) is 0 Å². The number of carbonyl (C=O) groups is 12. The molecule has 66 heavy (non-hydrogen) atoms. The van der Waals surface area contributed by atoms with Crippen LogP contribution in [-0.2, 0) is 126 Å². The van der Waals surface area contributed by atoms with E-state index in [9.17, 15) is 119 Å². The van der Waals surface area contributed by atoms with Crippen LogP contribution < -0.4 is 61.3 Å². The van der Waals surface area contributed by atoms with Crippen molar-refractivity contribution >= 4 is 71.6 Å². The first kappa shape index (κ1) is 81.6. The normalized spacial score (nSPS) is 9.73. The van der Waals surface area contributed by atoms with Crippen LogP contribution in [0.15, 0.2) is 0 Å². The van der Waals surface area contributed by atoms with Crippen molar-refractivity contribution in [2.24, 2.45) is 0 Å². The quantitative estimate of drug-likeness (QED) is 0.0551. The molecular formula is C30H40Fe4N6O26. The van der Waals surface area contributed by atoms with E-state index in [2.05, 4.69) is 0 Å². The van der Waals surface area contributed by atoms with Gasteiger partial charge in [-0.3, -0.25) is 29.4 Å². The summed E-state index contributed by atoms with van der Waals surface area (Å²) in [5.41, 5.74) is 0. The van der Waals surface area contributed by atoms with E-state index >= 15 is 0 Å². The van der Waals surface area contributed by atoms with Crippen LogP contribution in [0.25, 0.3) is 0 Å². The van der Waals surface area contributed by atoms with E-state index in [1.807, 2.05) is 0 Å². The molecule has 0 bridgehead atoms. The van der Waals surface area contributed by atoms with Gasteiger partial charge in [0.05, 0.1) is 71.6 Å². The Morgan fingerprint density at radius 3 is 0.303 bits per heavy atom. The number of hydrogen-bond acceptors (Lipinski definition) is 30. The van der Waals surface area contributed by atoms with Gasteiger partial charge in [-0.15, -0.1) is 0 Å². The van der Waals surface area contributed by atoms with E-state index in [0.717, 1.165) is 29.4 Å². The van der Waals surface area contributed by atoms with Crippen LogP contribution in [0, 0.1) is 0 Å². The largest absolute Gasteiger partial charge is 3.00 e. The van der Waals surface area contributed by atoms with Crippen LogP contribution >= 0.6 is 0 Å². The number of carbonyl (C=O) groups excluding carboxylic acids is 12. The van der Waals surface area contributed by atoms with E-state index < -0.39 is 150 Å². The minimum atomic E-state index is -1.53. The average molecular weight is 1120 g/mol. The molecule has 0 heterocycles. The fourth-order valence-electron chi connectivity index (χ4n) is 4.32. The molecule has 4 radical (unpaired) electrons. The molecular weight excluding hydrogens is 1080 g/mol. The fraction of sp³-hybridized carbons (Fsp3) is 0.600. The van der Waals surface area contributed by atoms with E-state index in [1.165, 1.54) is 0 Å². The molecule has 0 saturated carbocycles. The number of rotatable bonds is 33. The van der Waals surface area contributed by atoms with Crippen molar-refractivity contribution in [3.05, 3.63) is 0 Å². The Morgan fingerprint density at radius 1 is 0.197 bits per heavy atom. The zero-order valence-corrected chi connectivity index (χ0v) is 38.0. The molecule has 0 aliphatic heterocycles. The Hall–Kier alpha value is -4.60. The van der Waals surface area contributed by atoms with Gasteiger partial charge >= 0.3 is 68.3 Å². The van der Waals surface area contributed by atoms with Crippen molar-refractivity contribution in [3.63, 3.8) is 0 Å². The van der Waals surface area contributed by atoms with Crippen molar-refractivity contribution in [2.75, 3.05) is 118 Å². The molecule has 0 aliphatic rings. The van der Waals surface area contributed by atoms with E-state index in [4.69, 9.17) is 0 Å². The Kier molecular flexibility index (Phi) is 58.0. The Labute approximate surface area is 415 Å². The second kappa shape index (κ2) is 46.9. The predicted molar refractivity (Wildman–Crippen MR) is 166 cm³/mol. The fourth-order valence-corrected chi connectivity index (χ4v) is 4.32. The number of aliphatic carboxylic acids is 12. The molecule has 32 nitrogen and oxygen atoms in total. The van der Waals surface area contributed by atoms with Gasteiger partial charge in [0.15, 0.2) is 0 Å². The molecule has 0 spiro atoms. The zero-order chi connectivity index (χ0) is 47.1. The maximum absolute atomic E-state index is 10.4. The maximum Gasteiger partial charge on any atom is 3.00 e. The molecule has 36 heteroatoms. The summed E-state index contributed by atoms with van der Waals surface area (Å²) in [5.74, 6) is -18.4. The van der Waals surface area contributed by atoms with Crippen LogP contribution in [0.5, 0.6) is 0 Å². The summed E-state index contributed by atoms with van der Waals surface area (Å²) in [6.07, 6.45) is 0. The maximum atomic E-state index is 10.4. The summed E-state index contributed by atoms with van der Waals surface area (Å²) in [6, 6.07) is 0. The van der Waals surface area contributed by atoms with Crippen molar-refractivity contribution in [2.45, 2.75) is 0 Å². The van der Waals surface area contributed by atoms with Gasteiger partial charge in [0, 0.05) is 118 Å². The smallest absolute Gasteiger partial charge is 0.549 e. The second-order valence-corrected chi connectivity index (χ2v) is 11.7. The molecule has 0 amide bonds. The molecule has 378 valence electrons. The topological polar surface area (TPSA) is 564 Å². The van der Waals surface area contributed by atoms with Gasteiger partial charge in [-0.1, -0.05) is 0 Å². The van der Waals surface area contributed by atoms with Gasteiger partial charge < -0.3 is 130 Å². The molecule has 0 aromatic heterocycles. The summed E-state index contributed by atoms with van der Waals surface area (Å²) in [7, 11) is 0. The first-order valence-corrected chi connectivity index (χ1v) is 16.3. The molecule has 0 aliphatic carbocycles. The predicted octanol–water partition coefficient (Wildman–Crippen LogP) is -23.9. The Morgan fingerprint density at radius 2 is 0.258 bits per heavy atom. The van der Waals surface area contributed by atoms with Gasteiger partial charge in [-0.25, -0.2) is 0 Å². The summed E-state index contributed by atoms with van der Waals surface area (Å²) < 4.78 is 0. The number of nitrogens with zero attached hydrogens (tertiary/aromatic N) is 6. The molecule has 0 atom stereocenters. The summed E-state index contributed by atoms with van der Waals surface area (Å²) in [5, 5.41) is 125. The summed E-state index contributed by atoms with van der Waals surface area (Å²) in [6.45, 7) is -9.75. The van der Waals surface area contributed by atoms with Gasteiger partial charge in [-0.2, -0.15) is 0 Å². The molecule has 0 unspecified atom stereocenters. The monoisotopic (exact) mass is 1120 g/mol. The third kappa shape index (κ3) is 59.4. The minimum Gasteiger partial charge on any atom is -0.549 e. The van der Waals surface area contributed by atoms with Crippen LogP contribution in [0.1, 0.15) is 0 Å². The van der Waals surface area contributed by atoms with Crippen molar-refractivity contribution in [1.29, 1.82) is 0 Å². The van der Waals surface area contributed by atoms with E-state index in [1.54, 1.807) is 0 Å². The standard InChI is InChI=1S/3C10H16N2O8.4Fe.2H2O/c3*13-7(14)3-11(4-8(15)16)1-2-12(5-9(17)18)6-10(19)20;;;;;;/h3*1-6H2,(H,13,14)(H,15,16)(H,17,18)(H,19,20);;;;;2*1H2/q;;;4*+3;;/p-12. The molecule has 0 aromatic carbocycles. The van der Waals surface area contributed by atoms with Crippen molar-refractivity contribution in [3.8, 4) is 0 Å².